The van der Waals surface area contributed by atoms with Crippen molar-refractivity contribution in [2.24, 2.45) is 23.3 Å². The Morgan fingerprint density at radius 2 is 1.37 bits per heavy atom. The van der Waals surface area contributed by atoms with E-state index in [-0.39, 0.29) is 23.3 Å². The van der Waals surface area contributed by atoms with Gasteiger partial charge in [-0.05, 0) is 11.8 Å². The quantitative estimate of drug-likeness (QED) is 0.144. The normalized spacial score (nSPS) is 17.1. The first-order chi connectivity index (χ1) is 14.0. The number of nitrogens with two attached hydrogens (primary N) is 2. The molecule has 0 spiro atoms. The zero-order chi connectivity index (χ0) is 23.4. The van der Waals surface area contributed by atoms with Crippen LogP contribution >= 0.6 is 21.6 Å². The molecule has 2 amide bonds. The summed E-state index contributed by atoms with van der Waals surface area (Å²) in [6.45, 7) is 7.40. The lowest BCUT2D eigenvalue weighted by Crippen LogP contribution is -2.57. The van der Waals surface area contributed by atoms with E-state index in [4.69, 9.17) is 16.6 Å². The Morgan fingerprint density at radius 1 is 0.833 bits per heavy atom. The molecule has 0 aliphatic carbocycles. The minimum absolute atomic E-state index is 0.00559. The van der Waals surface area contributed by atoms with Crippen molar-refractivity contribution in [3.63, 3.8) is 0 Å². The average molecular weight is 467 g/mol. The number of nitrogens with one attached hydrogen (secondary N) is 2. The molecular weight excluding hydrogens is 432 g/mol. The Balaban J connectivity index is 5.00. The fourth-order valence-corrected chi connectivity index (χ4v) is 4.48. The number of rotatable bonds is 15. The van der Waals surface area contributed by atoms with Gasteiger partial charge in [0.15, 0.2) is 0 Å². The second kappa shape index (κ2) is 14.5. The van der Waals surface area contributed by atoms with Crippen LogP contribution in [-0.4, -0.2) is 69.6 Å². The lowest BCUT2D eigenvalue weighted by atomic mass is 9.95. The van der Waals surface area contributed by atoms with Gasteiger partial charge in [-0.25, -0.2) is 4.79 Å². The molecule has 6 atom stereocenters. The molecule has 1 unspecified atom stereocenters. The third kappa shape index (κ3) is 10.0. The topological polar surface area (TPSA) is 185 Å². The molecular formula is C18H34N4O6S2. The van der Waals surface area contributed by atoms with Crippen LogP contribution in [0, 0.1) is 11.8 Å². The van der Waals surface area contributed by atoms with E-state index >= 15 is 0 Å². The van der Waals surface area contributed by atoms with E-state index in [0.29, 0.717) is 12.8 Å². The number of hydrogen-bond acceptors (Lipinski definition) is 8. The van der Waals surface area contributed by atoms with E-state index in [9.17, 15) is 24.3 Å². The van der Waals surface area contributed by atoms with Gasteiger partial charge in [0.2, 0.25) is 11.8 Å². The summed E-state index contributed by atoms with van der Waals surface area (Å²) in [6.07, 6.45) is 1.29. The molecule has 0 radical (unpaired) electrons. The van der Waals surface area contributed by atoms with Gasteiger partial charge in [-0.3, -0.25) is 14.4 Å². The Kier molecular flexibility index (Phi) is 13.8. The van der Waals surface area contributed by atoms with Gasteiger partial charge in [0.1, 0.15) is 18.1 Å². The molecule has 0 saturated heterocycles. The monoisotopic (exact) mass is 466 g/mol. The summed E-state index contributed by atoms with van der Waals surface area (Å²) < 4.78 is 0. The zero-order valence-electron chi connectivity index (χ0n) is 17.8. The highest BCUT2D eigenvalue weighted by Crippen LogP contribution is 2.23. The third-order valence-electron chi connectivity index (χ3n) is 4.85. The van der Waals surface area contributed by atoms with Gasteiger partial charge < -0.3 is 32.3 Å². The molecule has 0 aromatic rings. The number of hydrogen-bond donors (Lipinski definition) is 6. The maximum absolute atomic E-state index is 12.7. The molecule has 0 heterocycles. The first-order valence-corrected chi connectivity index (χ1v) is 12.3. The van der Waals surface area contributed by atoms with Crippen LogP contribution in [0.25, 0.3) is 0 Å². The van der Waals surface area contributed by atoms with Gasteiger partial charge in [0, 0.05) is 11.5 Å². The summed E-state index contributed by atoms with van der Waals surface area (Å²) in [5.41, 5.74) is 11.3. The van der Waals surface area contributed by atoms with Crippen molar-refractivity contribution in [1.82, 2.24) is 10.6 Å². The van der Waals surface area contributed by atoms with Crippen LogP contribution in [0.3, 0.4) is 0 Å². The van der Waals surface area contributed by atoms with Gasteiger partial charge in [0.25, 0.3) is 0 Å². The number of carboxylic acid groups (broad SMARTS) is 2. The first-order valence-electron chi connectivity index (χ1n) is 9.78. The highest BCUT2D eigenvalue weighted by atomic mass is 33.1. The van der Waals surface area contributed by atoms with Crippen LogP contribution in [0.2, 0.25) is 0 Å². The number of carboxylic acids is 2. The van der Waals surface area contributed by atoms with Crippen molar-refractivity contribution >= 4 is 45.3 Å². The lowest BCUT2D eigenvalue weighted by Gasteiger charge is -2.27. The van der Waals surface area contributed by atoms with Crippen LogP contribution in [0.15, 0.2) is 0 Å². The van der Waals surface area contributed by atoms with Gasteiger partial charge in [0.05, 0.1) is 6.04 Å². The second-order valence-electron chi connectivity index (χ2n) is 7.20. The zero-order valence-corrected chi connectivity index (χ0v) is 19.4. The maximum Gasteiger partial charge on any atom is 0.327 e. The molecule has 30 heavy (non-hydrogen) atoms. The molecule has 174 valence electrons. The van der Waals surface area contributed by atoms with E-state index < -0.39 is 47.9 Å². The van der Waals surface area contributed by atoms with Crippen molar-refractivity contribution < 1.29 is 29.4 Å². The van der Waals surface area contributed by atoms with E-state index in [1.54, 1.807) is 6.92 Å². The SMILES string of the molecule is CC[C@H](C)[C@H](N)C(=O)N[C@H](C(=O)N[C@@H](CSSCC(N)C(=O)O)C(=O)O)[C@@H](C)CC. The largest absolute Gasteiger partial charge is 0.480 e. The molecule has 0 aliphatic heterocycles. The molecule has 0 aromatic carbocycles. The molecule has 0 bridgehead atoms. The summed E-state index contributed by atoms with van der Waals surface area (Å²) in [5, 5.41) is 23.3. The highest BCUT2D eigenvalue weighted by molar-refractivity contribution is 8.76. The van der Waals surface area contributed by atoms with Crippen molar-refractivity contribution in [3.05, 3.63) is 0 Å². The fourth-order valence-electron chi connectivity index (χ4n) is 2.21. The number of aliphatic carboxylic acids is 2. The number of carbonyl (C=O) groups excluding carboxylic acids is 2. The van der Waals surface area contributed by atoms with Crippen molar-refractivity contribution in [2.75, 3.05) is 11.5 Å². The van der Waals surface area contributed by atoms with E-state index in [2.05, 4.69) is 10.6 Å². The predicted octanol–water partition coefficient (Wildman–Crippen LogP) is 0.253. The molecule has 0 fully saturated rings. The molecule has 8 N–H and O–H groups in total. The molecule has 10 nitrogen and oxygen atoms in total. The maximum atomic E-state index is 12.7. The van der Waals surface area contributed by atoms with Crippen LogP contribution in [0.4, 0.5) is 0 Å². The minimum Gasteiger partial charge on any atom is -0.480 e. The molecule has 12 heteroatoms. The van der Waals surface area contributed by atoms with E-state index in [1.807, 2.05) is 20.8 Å². The van der Waals surface area contributed by atoms with Gasteiger partial charge in [-0.15, -0.1) is 0 Å². The predicted molar refractivity (Wildman–Crippen MR) is 119 cm³/mol. The molecule has 0 aromatic heterocycles. The minimum atomic E-state index is -1.23. The summed E-state index contributed by atoms with van der Waals surface area (Å²) in [5.74, 6) is -3.63. The molecule has 0 saturated carbocycles. The number of amides is 2. The Morgan fingerprint density at radius 3 is 1.83 bits per heavy atom. The van der Waals surface area contributed by atoms with Crippen LogP contribution in [0.1, 0.15) is 40.5 Å². The van der Waals surface area contributed by atoms with E-state index in [1.165, 1.54) is 0 Å². The Bertz CT molecular complexity index is 595. The third-order valence-corrected chi connectivity index (χ3v) is 7.30. The lowest BCUT2D eigenvalue weighted by molar-refractivity contribution is -0.142. The van der Waals surface area contributed by atoms with Gasteiger partial charge >= 0.3 is 11.9 Å². The van der Waals surface area contributed by atoms with Crippen LogP contribution in [-0.2, 0) is 19.2 Å². The summed E-state index contributed by atoms with van der Waals surface area (Å²) in [7, 11) is 2.21. The smallest absolute Gasteiger partial charge is 0.327 e. The summed E-state index contributed by atoms with van der Waals surface area (Å²) in [4.78, 5) is 47.4. The Labute approximate surface area is 185 Å². The summed E-state index contributed by atoms with van der Waals surface area (Å²) >= 11 is 0. The highest BCUT2D eigenvalue weighted by Gasteiger charge is 2.32. The average Bonchev–Trinajstić information content (AvgIpc) is 2.71. The van der Waals surface area contributed by atoms with E-state index in [0.717, 1.165) is 21.6 Å². The van der Waals surface area contributed by atoms with Crippen molar-refractivity contribution in [1.29, 1.82) is 0 Å². The molecule has 0 rings (SSSR count). The first kappa shape index (κ1) is 28.5. The van der Waals surface area contributed by atoms with Gasteiger partial charge in [-0.2, -0.15) is 0 Å². The van der Waals surface area contributed by atoms with Crippen LogP contribution < -0.4 is 22.1 Å². The van der Waals surface area contributed by atoms with Crippen molar-refractivity contribution in [2.45, 2.75) is 64.7 Å². The summed E-state index contributed by atoms with van der Waals surface area (Å²) in [6, 6.07) is -3.95. The standard InChI is InChI=1S/C18H34N4O6S2/c1-5-9(3)13(20)15(23)22-14(10(4)6-2)16(24)21-12(18(27)28)8-30-29-7-11(19)17(25)26/h9-14H,5-8,19-20H2,1-4H3,(H,21,24)(H,22,23)(H,25,26)(H,27,28)/t9-,10-,11?,12-,13-,14-/m0/s1. The second-order valence-corrected chi connectivity index (χ2v) is 9.75. The number of carbonyl (C=O) groups is 4. The Hall–Kier alpha value is -1.50. The van der Waals surface area contributed by atoms with Crippen molar-refractivity contribution in [3.8, 4) is 0 Å². The van der Waals surface area contributed by atoms with Gasteiger partial charge in [-0.1, -0.05) is 62.1 Å². The molecule has 0 aliphatic rings. The van der Waals surface area contributed by atoms with Crippen LogP contribution in [0.5, 0.6) is 0 Å². The fraction of sp³-hybridized carbons (Fsp3) is 0.778.